The second-order valence-corrected chi connectivity index (χ2v) is 12.4. The lowest BCUT2D eigenvalue weighted by Gasteiger charge is -2.32. The van der Waals surface area contributed by atoms with Crippen LogP contribution < -0.4 is 15.0 Å². The van der Waals surface area contributed by atoms with Gasteiger partial charge in [-0.15, -0.1) is 11.3 Å². The maximum atomic E-state index is 16.0. The maximum absolute atomic E-state index is 16.0. The van der Waals surface area contributed by atoms with Gasteiger partial charge in [-0.25, -0.2) is 13.8 Å². The van der Waals surface area contributed by atoms with Gasteiger partial charge in [0.15, 0.2) is 0 Å². The third-order valence-corrected chi connectivity index (χ3v) is 9.35. The number of pyridine rings is 2. The van der Waals surface area contributed by atoms with Crippen LogP contribution in [0.4, 0.5) is 14.5 Å². The lowest BCUT2D eigenvalue weighted by molar-refractivity contribution is -0.120. The number of likely N-dealkylation sites (N-methyl/N-ethyl adjacent to an activating group) is 1. The molecule has 0 unspecified atom stereocenters. The molecule has 1 amide bonds. The van der Waals surface area contributed by atoms with Crippen LogP contribution in [-0.4, -0.2) is 84.1 Å². The Morgan fingerprint density at radius 2 is 1.93 bits per heavy atom. The van der Waals surface area contributed by atoms with Crippen LogP contribution in [0.15, 0.2) is 48.1 Å². The van der Waals surface area contributed by atoms with E-state index in [1.54, 1.807) is 17.3 Å². The molecule has 6 heterocycles. The zero-order valence-corrected chi connectivity index (χ0v) is 26.5. The summed E-state index contributed by atoms with van der Waals surface area (Å²) in [6.45, 7) is 5.47. The number of thiophene rings is 1. The lowest BCUT2D eigenvalue weighted by atomic mass is 9.96. The minimum Gasteiger partial charge on any atom is -0.490 e. The molecule has 2 aliphatic heterocycles. The van der Waals surface area contributed by atoms with Crippen LogP contribution in [0, 0.1) is 11.6 Å². The number of fused-ring (bicyclic) bond motifs is 2. The number of amides is 1. The van der Waals surface area contributed by atoms with Crippen molar-refractivity contribution < 1.29 is 23.0 Å². The van der Waals surface area contributed by atoms with Gasteiger partial charge in [-0.05, 0) is 37.6 Å². The number of halogens is 2. The number of nitrogens with one attached hydrogen (secondary N) is 1. The van der Waals surface area contributed by atoms with Crippen molar-refractivity contribution >= 4 is 33.0 Å². The third-order valence-electron chi connectivity index (χ3n) is 8.41. The van der Waals surface area contributed by atoms with Crippen molar-refractivity contribution in [3.63, 3.8) is 0 Å². The first-order chi connectivity index (χ1) is 22.3. The minimum atomic E-state index is -0.769. The number of benzene rings is 1. The average Bonchev–Trinajstić information content (AvgIpc) is 3.70. The van der Waals surface area contributed by atoms with E-state index in [2.05, 4.69) is 17.2 Å². The van der Waals surface area contributed by atoms with Gasteiger partial charge < -0.3 is 19.7 Å². The molecule has 0 radical (unpaired) electrons. The fourth-order valence-electron chi connectivity index (χ4n) is 6.14. The number of aromatic nitrogens is 4. The van der Waals surface area contributed by atoms with Crippen LogP contribution in [-0.2, 0) is 16.1 Å². The summed E-state index contributed by atoms with van der Waals surface area (Å²) in [6, 6.07) is 7.93. The zero-order chi connectivity index (χ0) is 31.9. The van der Waals surface area contributed by atoms with Crippen molar-refractivity contribution in [2.45, 2.75) is 19.5 Å². The molecule has 1 atom stereocenters. The predicted octanol–water partition coefficient (Wildman–Crippen LogP) is 5.13. The molecule has 1 saturated heterocycles. The number of ether oxygens (including phenoxy) is 2. The molecule has 5 aromatic rings. The van der Waals surface area contributed by atoms with Gasteiger partial charge in [0, 0.05) is 72.3 Å². The summed E-state index contributed by atoms with van der Waals surface area (Å²) in [4.78, 5) is 26.3. The smallest absolute Gasteiger partial charge is 0.241 e. The average molecular weight is 646 g/mol. The Hall–Kier alpha value is -4.30. The summed E-state index contributed by atoms with van der Waals surface area (Å²) in [6.07, 6.45) is 3.40. The van der Waals surface area contributed by atoms with Gasteiger partial charge >= 0.3 is 0 Å². The highest BCUT2D eigenvalue weighted by Crippen LogP contribution is 2.47. The van der Waals surface area contributed by atoms with Gasteiger partial charge in [-0.2, -0.15) is 5.10 Å². The van der Waals surface area contributed by atoms with Crippen LogP contribution in [0.3, 0.4) is 0 Å². The van der Waals surface area contributed by atoms with E-state index < -0.39 is 11.6 Å². The molecule has 0 bridgehead atoms. The van der Waals surface area contributed by atoms with E-state index in [1.165, 1.54) is 24.5 Å². The number of hydrogen-bond donors (Lipinski definition) is 1. The van der Waals surface area contributed by atoms with Crippen molar-refractivity contribution in [3.8, 4) is 39.5 Å². The standard InChI is InChI=1S/C33H33F2N7O3S/c1-19-26-15-25(39-42(26)6-5-37-19)32-30(29-24(35)13-21(34)14-27(29)45-10-9-44-3)33-23(4-11-46-33)31(38-32)20-12-22(17-36-16-20)41-8-7-40(2)18-28(41)43/h4,11-17,19,37H,5-10,18H2,1-3H3/t19-/m1/s1. The summed E-state index contributed by atoms with van der Waals surface area (Å²) in [5.74, 6) is -1.47. The second-order valence-electron chi connectivity index (χ2n) is 11.5. The van der Waals surface area contributed by atoms with Gasteiger partial charge in [0.2, 0.25) is 5.91 Å². The molecule has 1 fully saturated rings. The molecule has 1 N–H and O–H groups in total. The van der Waals surface area contributed by atoms with Crippen molar-refractivity contribution in [2.24, 2.45) is 0 Å². The fraction of sp³-hybridized carbons (Fsp3) is 0.333. The number of anilines is 1. The molecule has 0 aliphatic carbocycles. The van der Waals surface area contributed by atoms with Gasteiger partial charge in [0.05, 0.1) is 48.5 Å². The molecule has 238 valence electrons. The van der Waals surface area contributed by atoms with Crippen LogP contribution >= 0.6 is 11.3 Å². The van der Waals surface area contributed by atoms with Crippen LogP contribution in [0.5, 0.6) is 5.75 Å². The first-order valence-electron chi connectivity index (χ1n) is 15.1. The van der Waals surface area contributed by atoms with E-state index in [-0.39, 0.29) is 36.5 Å². The Morgan fingerprint density at radius 3 is 2.74 bits per heavy atom. The molecule has 10 nitrogen and oxygen atoms in total. The highest BCUT2D eigenvalue weighted by atomic mass is 32.1. The Kier molecular flexibility index (Phi) is 8.24. The van der Waals surface area contributed by atoms with E-state index in [1.807, 2.05) is 40.2 Å². The third kappa shape index (κ3) is 5.53. The Labute approximate surface area is 268 Å². The maximum Gasteiger partial charge on any atom is 0.241 e. The van der Waals surface area contributed by atoms with Crippen molar-refractivity contribution in [1.29, 1.82) is 0 Å². The SMILES string of the molecule is COCCOc1cc(F)cc(F)c1-c1c(-c2cc3n(n2)CCN[C@@H]3C)nc(-c2cncc(N3CCN(C)CC3=O)c2)c2ccsc12. The number of methoxy groups -OCH3 is 1. The normalized spacial score (nSPS) is 17.1. The molecule has 0 spiro atoms. The van der Waals surface area contributed by atoms with E-state index >= 15 is 4.39 Å². The summed E-state index contributed by atoms with van der Waals surface area (Å²) in [5.41, 5.74) is 4.55. The van der Waals surface area contributed by atoms with Crippen LogP contribution in [0.2, 0.25) is 0 Å². The van der Waals surface area contributed by atoms with E-state index in [4.69, 9.17) is 19.6 Å². The largest absolute Gasteiger partial charge is 0.490 e. The summed E-state index contributed by atoms with van der Waals surface area (Å²) < 4.78 is 44.3. The topological polar surface area (TPSA) is 97.6 Å². The molecule has 7 rings (SSSR count). The van der Waals surface area contributed by atoms with Gasteiger partial charge in [0.25, 0.3) is 0 Å². The first kappa shape index (κ1) is 30.4. The van der Waals surface area contributed by atoms with Gasteiger partial charge in [-0.1, -0.05) is 0 Å². The molecule has 4 aromatic heterocycles. The summed E-state index contributed by atoms with van der Waals surface area (Å²) in [7, 11) is 3.46. The quantitative estimate of drug-likeness (QED) is 0.232. The molecule has 1 aromatic carbocycles. The molecule has 2 aliphatic rings. The molecular weight excluding hydrogens is 612 g/mol. The van der Waals surface area contributed by atoms with Crippen LogP contribution in [0.25, 0.3) is 43.9 Å². The monoisotopic (exact) mass is 645 g/mol. The van der Waals surface area contributed by atoms with Gasteiger partial charge in [-0.3, -0.25) is 19.4 Å². The molecule has 0 saturated carbocycles. The predicted molar refractivity (Wildman–Crippen MR) is 173 cm³/mol. The number of carbonyl (C=O) groups is 1. The van der Waals surface area contributed by atoms with Crippen LogP contribution in [0.1, 0.15) is 18.7 Å². The zero-order valence-electron chi connectivity index (χ0n) is 25.7. The number of hydrogen-bond acceptors (Lipinski definition) is 9. The first-order valence-corrected chi connectivity index (χ1v) is 16.0. The Balaban J connectivity index is 1.46. The van der Waals surface area contributed by atoms with Crippen molar-refractivity contribution in [2.75, 3.05) is 58.5 Å². The number of carbonyl (C=O) groups excluding carboxylic acids is 1. The van der Waals surface area contributed by atoms with E-state index in [0.29, 0.717) is 53.5 Å². The fourth-order valence-corrected chi connectivity index (χ4v) is 7.09. The highest BCUT2D eigenvalue weighted by molar-refractivity contribution is 7.18. The molecule has 46 heavy (non-hydrogen) atoms. The Bertz CT molecular complexity index is 1940. The Morgan fingerprint density at radius 1 is 1.07 bits per heavy atom. The summed E-state index contributed by atoms with van der Waals surface area (Å²) in [5, 5.41) is 11.1. The van der Waals surface area contributed by atoms with Crippen molar-refractivity contribution in [1.82, 2.24) is 30.0 Å². The number of nitrogens with zero attached hydrogens (tertiary/aromatic N) is 6. The minimum absolute atomic E-state index is 0.00326. The van der Waals surface area contributed by atoms with Gasteiger partial charge in [0.1, 0.15) is 35.4 Å². The van der Waals surface area contributed by atoms with Crippen molar-refractivity contribution in [3.05, 3.63) is 65.4 Å². The highest BCUT2D eigenvalue weighted by Gasteiger charge is 2.29. The van der Waals surface area contributed by atoms with E-state index in [9.17, 15) is 9.18 Å². The number of piperazine rings is 1. The van der Waals surface area contributed by atoms with E-state index in [0.717, 1.165) is 34.9 Å². The molecule has 13 heteroatoms. The summed E-state index contributed by atoms with van der Waals surface area (Å²) >= 11 is 1.43. The number of rotatable bonds is 8. The second kappa shape index (κ2) is 12.5. The molecular formula is C33H33F2N7O3S. The lowest BCUT2D eigenvalue weighted by Crippen LogP contribution is -2.48.